The lowest BCUT2D eigenvalue weighted by molar-refractivity contribution is -0.149. The van der Waals surface area contributed by atoms with Crippen molar-refractivity contribution in [2.24, 2.45) is 0 Å². The third kappa shape index (κ3) is 2.90. The molecule has 3 rings (SSSR count). The van der Waals surface area contributed by atoms with Gasteiger partial charge in [-0.2, -0.15) is 0 Å². The van der Waals surface area contributed by atoms with Crippen molar-refractivity contribution < 1.29 is 19.4 Å². The lowest BCUT2D eigenvalue weighted by Crippen LogP contribution is -2.33. The van der Waals surface area contributed by atoms with Crippen molar-refractivity contribution in [3.05, 3.63) is 36.0 Å². The fraction of sp³-hybridized carbons (Fsp3) is 0.333. The molecule has 2 aromatic rings. The highest BCUT2D eigenvalue weighted by molar-refractivity contribution is 5.97. The summed E-state index contributed by atoms with van der Waals surface area (Å²) in [6, 6.07) is 9.44. The SMILES string of the molecule is O=C(NCC1CCC(C(=O)O)O1)c1cc2ccccc2[nH]1. The van der Waals surface area contributed by atoms with Gasteiger partial charge in [-0.05, 0) is 25.0 Å². The van der Waals surface area contributed by atoms with E-state index in [4.69, 9.17) is 9.84 Å². The summed E-state index contributed by atoms with van der Waals surface area (Å²) in [6.07, 6.45) is 0.144. The molecule has 3 N–H and O–H groups in total. The van der Waals surface area contributed by atoms with Gasteiger partial charge in [0.1, 0.15) is 5.69 Å². The van der Waals surface area contributed by atoms with Crippen LogP contribution in [0.5, 0.6) is 0 Å². The van der Waals surface area contributed by atoms with E-state index in [-0.39, 0.29) is 12.0 Å². The first-order chi connectivity index (χ1) is 10.1. The number of hydrogen-bond acceptors (Lipinski definition) is 3. The fourth-order valence-electron chi connectivity index (χ4n) is 2.53. The van der Waals surface area contributed by atoms with Gasteiger partial charge in [0, 0.05) is 17.4 Å². The van der Waals surface area contributed by atoms with Crippen LogP contribution >= 0.6 is 0 Å². The number of carboxylic acids is 1. The van der Waals surface area contributed by atoms with E-state index >= 15 is 0 Å². The van der Waals surface area contributed by atoms with Crippen LogP contribution in [0.2, 0.25) is 0 Å². The molecule has 2 atom stereocenters. The highest BCUT2D eigenvalue weighted by Gasteiger charge is 2.30. The molecule has 6 nitrogen and oxygen atoms in total. The van der Waals surface area contributed by atoms with Crippen molar-refractivity contribution in [2.75, 3.05) is 6.54 Å². The van der Waals surface area contributed by atoms with E-state index in [2.05, 4.69) is 10.3 Å². The number of amides is 1. The highest BCUT2D eigenvalue weighted by Crippen LogP contribution is 2.19. The van der Waals surface area contributed by atoms with Crippen LogP contribution in [-0.4, -0.2) is 40.7 Å². The average Bonchev–Trinajstić information content (AvgIpc) is 3.11. The zero-order valence-corrected chi connectivity index (χ0v) is 11.3. The van der Waals surface area contributed by atoms with Crippen LogP contribution in [-0.2, 0) is 9.53 Å². The molecule has 0 aliphatic carbocycles. The summed E-state index contributed by atoms with van der Waals surface area (Å²) in [7, 11) is 0. The Morgan fingerprint density at radius 1 is 1.33 bits per heavy atom. The monoisotopic (exact) mass is 288 g/mol. The quantitative estimate of drug-likeness (QED) is 0.795. The second kappa shape index (κ2) is 5.57. The average molecular weight is 288 g/mol. The predicted octanol–water partition coefficient (Wildman–Crippen LogP) is 1.53. The number of nitrogens with one attached hydrogen (secondary N) is 2. The molecule has 2 unspecified atom stereocenters. The van der Waals surface area contributed by atoms with Crippen LogP contribution < -0.4 is 5.32 Å². The molecule has 0 saturated carbocycles. The number of benzene rings is 1. The number of rotatable bonds is 4. The molecule has 1 fully saturated rings. The predicted molar refractivity (Wildman–Crippen MR) is 76.2 cm³/mol. The molecule has 1 amide bonds. The third-order valence-electron chi connectivity index (χ3n) is 3.65. The van der Waals surface area contributed by atoms with Crippen molar-refractivity contribution in [2.45, 2.75) is 25.0 Å². The molecule has 2 heterocycles. The largest absolute Gasteiger partial charge is 0.479 e. The van der Waals surface area contributed by atoms with Crippen molar-refractivity contribution in [3.63, 3.8) is 0 Å². The fourth-order valence-corrected chi connectivity index (χ4v) is 2.53. The van der Waals surface area contributed by atoms with Gasteiger partial charge in [0.15, 0.2) is 6.10 Å². The van der Waals surface area contributed by atoms with E-state index in [1.807, 2.05) is 24.3 Å². The van der Waals surface area contributed by atoms with E-state index in [0.29, 0.717) is 25.1 Å². The first-order valence-corrected chi connectivity index (χ1v) is 6.87. The molecule has 1 aromatic carbocycles. The van der Waals surface area contributed by atoms with Crippen LogP contribution in [0.1, 0.15) is 23.3 Å². The minimum absolute atomic E-state index is 0.214. The topological polar surface area (TPSA) is 91.4 Å². The Hall–Kier alpha value is -2.34. The zero-order valence-electron chi connectivity index (χ0n) is 11.3. The molecule has 1 aliphatic rings. The van der Waals surface area contributed by atoms with E-state index in [0.717, 1.165) is 10.9 Å². The molecule has 0 radical (unpaired) electrons. The molecular weight excluding hydrogens is 272 g/mol. The molecule has 1 saturated heterocycles. The maximum absolute atomic E-state index is 12.1. The lowest BCUT2D eigenvalue weighted by Gasteiger charge is -2.11. The van der Waals surface area contributed by atoms with Gasteiger partial charge >= 0.3 is 5.97 Å². The highest BCUT2D eigenvalue weighted by atomic mass is 16.5. The Morgan fingerprint density at radius 3 is 2.86 bits per heavy atom. The number of carboxylic acid groups (broad SMARTS) is 1. The number of aromatic amines is 1. The Labute approximate surface area is 121 Å². The van der Waals surface area contributed by atoms with Crippen molar-refractivity contribution >= 4 is 22.8 Å². The van der Waals surface area contributed by atoms with Gasteiger partial charge in [-0.15, -0.1) is 0 Å². The molecule has 1 aromatic heterocycles. The Balaban J connectivity index is 1.58. The normalized spacial score (nSPS) is 21.5. The van der Waals surface area contributed by atoms with Crippen LogP contribution in [0.15, 0.2) is 30.3 Å². The number of para-hydroxylation sites is 1. The van der Waals surface area contributed by atoms with Crippen molar-refractivity contribution in [1.82, 2.24) is 10.3 Å². The Bertz CT molecular complexity index is 646. The summed E-state index contributed by atoms with van der Waals surface area (Å²) in [5, 5.41) is 12.6. The number of carbonyl (C=O) groups is 2. The molecule has 0 spiro atoms. The van der Waals surface area contributed by atoms with E-state index in [1.165, 1.54) is 0 Å². The summed E-state index contributed by atoms with van der Waals surface area (Å²) in [5.74, 6) is -1.16. The second-order valence-corrected chi connectivity index (χ2v) is 5.14. The number of carbonyl (C=O) groups excluding carboxylic acids is 1. The van der Waals surface area contributed by atoms with Crippen LogP contribution in [0.3, 0.4) is 0 Å². The molecule has 0 bridgehead atoms. The van der Waals surface area contributed by atoms with Gasteiger partial charge in [0.05, 0.1) is 6.10 Å². The minimum atomic E-state index is -0.945. The number of fused-ring (bicyclic) bond motifs is 1. The zero-order chi connectivity index (χ0) is 14.8. The van der Waals surface area contributed by atoms with E-state index < -0.39 is 12.1 Å². The summed E-state index contributed by atoms with van der Waals surface area (Å²) < 4.78 is 5.34. The number of H-pyrrole nitrogens is 1. The summed E-state index contributed by atoms with van der Waals surface area (Å²) in [6.45, 7) is 0.317. The van der Waals surface area contributed by atoms with Gasteiger partial charge in [0.2, 0.25) is 0 Å². The van der Waals surface area contributed by atoms with E-state index in [1.54, 1.807) is 6.07 Å². The van der Waals surface area contributed by atoms with Crippen molar-refractivity contribution in [3.8, 4) is 0 Å². The summed E-state index contributed by atoms with van der Waals surface area (Å²) in [5.41, 5.74) is 1.40. The van der Waals surface area contributed by atoms with Gasteiger partial charge in [-0.25, -0.2) is 4.79 Å². The smallest absolute Gasteiger partial charge is 0.332 e. The van der Waals surface area contributed by atoms with Crippen LogP contribution in [0.25, 0.3) is 10.9 Å². The molecule has 1 aliphatic heterocycles. The lowest BCUT2D eigenvalue weighted by atomic mass is 10.2. The standard InChI is InChI=1S/C15H16N2O4/c18-14(12-7-9-3-1-2-4-11(9)17-12)16-8-10-5-6-13(21-10)15(19)20/h1-4,7,10,13,17H,5-6,8H2,(H,16,18)(H,19,20). The second-order valence-electron chi connectivity index (χ2n) is 5.14. The van der Waals surface area contributed by atoms with Crippen LogP contribution in [0.4, 0.5) is 0 Å². The number of ether oxygens (including phenoxy) is 1. The summed E-state index contributed by atoms with van der Waals surface area (Å²) >= 11 is 0. The molecule has 110 valence electrons. The first kappa shape index (κ1) is 13.6. The summed E-state index contributed by atoms with van der Waals surface area (Å²) in [4.78, 5) is 25.9. The Kier molecular flexibility index (Phi) is 3.62. The molecular formula is C15H16N2O4. The van der Waals surface area contributed by atoms with Gasteiger partial charge in [-0.3, -0.25) is 4.79 Å². The Morgan fingerprint density at radius 2 is 2.14 bits per heavy atom. The van der Waals surface area contributed by atoms with Gasteiger partial charge in [-0.1, -0.05) is 18.2 Å². The molecule has 21 heavy (non-hydrogen) atoms. The number of hydrogen-bond donors (Lipinski definition) is 3. The minimum Gasteiger partial charge on any atom is -0.479 e. The van der Waals surface area contributed by atoms with Gasteiger partial charge < -0.3 is 20.1 Å². The van der Waals surface area contributed by atoms with Crippen molar-refractivity contribution in [1.29, 1.82) is 0 Å². The van der Waals surface area contributed by atoms with E-state index in [9.17, 15) is 9.59 Å². The van der Waals surface area contributed by atoms with Gasteiger partial charge in [0.25, 0.3) is 5.91 Å². The molecule has 6 heteroatoms. The number of aliphatic carboxylic acids is 1. The third-order valence-corrected chi connectivity index (χ3v) is 3.65. The maximum atomic E-state index is 12.1. The number of aromatic nitrogens is 1. The first-order valence-electron chi connectivity index (χ1n) is 6.87. The van der Waals surface area contributed by atoms with Crippen LogP contribution in [0, 0.1) is 0 Å². The maximum Gasteiger partial charge on any atom is 0.332 e.